The largest absolute Gasteiger partial charge is 0.415 e. The lowest BCUT2D eigenvalue weighted by Crippen LogP contribution is -2.25. The molecule has 5 nitrogen and oxygen atoms in total. The zero-order chi connectivity index (χ0) is 28.0. The normalized spacial score (nSPS) is 14.5. The van der Waals surface area contributed by atoms with E-state index in [4.69, 9.17) is 5.73 Å². The van der Waals surface area contributed by atoms with Crippen molar-refractivity contribution in [2.75, 3.05) is 17.2 Å². The Kier molecular flexibility index (Phi) is 8.89. The zero-order valence-electron chi connectivity index (χ0n) is 21.8. The topological polar surface area (TPSA) is 79.2 Å². The Balaban J connectivity index is 1.59. The number of rotatable bonds is 11. The van der Waals surface area contributed by atoms with Gasteiger partial charge in [-0.15, -0.1) is 0 Å². The summed E-state index contributed by atoms with van der Waals surface area (Å²) in [5, 5.41) is 9.20. The van der Waals surface area contributed by atoms with Gasteiger partial charge in [0.1, 0.15) is 5.70 Å². The fourth-order valence-corrected chi connectivity index (χ4v) is 4.13. The molecule has 1 amide bonds. The minimum Gasteiger partial charge on any atom is -0.351 e. The first-order chi connectivity index (χ1) is 18.6. The average Bonchev–Trinajstić information content (AvgIpc) is 3.74. The lowest BCUT2D eigenvalue weighted by Gasteiger charge is -2.21. The molecule has 0 aliphatic heterocycles. The van der Waals surface area contributed by atoms with Crippen LogP contribution in [0, 0.1) is 12.8 Å². The van der Waals surface area contributed by atoms with Gasteiger partial charge in [0.05, 0.1) is 11.6 Å². The van der Waals surface area contributed by atoms with Crippen LogP contribution in [0.3, 0.4) is 0 Å². The molecule has 204 valence electrons. The third-order valence-corrected chi connectivity index (χ3v) is 6.57. The summed E-state index contributed by atoms with van der Waals surface area (Å²) < 4.78 is 39.9. The highest BCUT2D eigenvalue weighted by Gasteiger charge is 2.31. The summed E-state index contributed by atoms with van der Waals surface area (Å²) in [5.74, 6) is -0.0624. The molecule has 0 aromatic heterocycles. The smallest absolute Gasteiger partial charge is 0.351 e. The van der Waals surface area contributed by atoms with Crippen LogP contribution in [-0.4, -0.2) is 18.6 Å². The summed E-state index contributed by atoms with van der Waals surface area (Å²) in [6.07, 6.45) is -1.55. The first kappa shape index (κ1) is 28.1. The summed E-state index contributed by atoms with van der Waals surface area (Å²) in [7, 11) is 0. The molecule has 3 aromatic carbocycles. The van der Waals surface area contributed by atoms with Gasteiger partial charge in [-0.2, -0.15) is 13.2 Å². The average molecular weight is 535 g/mol. The fourth-order valence-electron chi connectivity index (χ4n) is 4.13. The van der Waals surface area contributed by atoms with Gasteiger partial charge in [-0.25, -0.2) is 0 Å². The van der Waals surface area contributed by atoms with E-state index in [-0.39, 0.29) is 18.3 Å². The summed E-state index contributed by atoms with van der Waals surface area (Å²) in [6.45, 7) is 6.26. The second-order valence-electron chi connectivity index (χ2n) is 9.89. The number of nitrogens with one attached hydrogen (secondary N) is 3. The summed E-state index contributed by atoms with van der Waals surface area (Å²) in [5.41, 5.74) is 9.10. The number of amides is 1. The number of halogens is 3. The number of nitrogens with two attached hydrogens (primary N) is 1. The van der Waals surface area contributed by atoms with Crippen molar-refractivity contribution in [2.45, 2.75) is 38.5 Å². The quantitative estimate of drug-likeness (QED) is 0.165. The van der Waals surface area contributed by atoms with Gasteiger partial charge in [-0.3, -0.25) is 4.79 Å². The molecule has 0 saturated heterocycles. The first-order valence-electron chi connectivity index (χ1n) is 12.9. The lowest BCUT2D eigenvalue weighted by molar-refractivity contribution is -0.112. The number of carbonyl (C=O) groups excluding carboxylic acids is 1. The van der Waals surface area contributed by atoms with Gasteiger partial charge in [-0.1, -0.05) is 60.7 Å². The van der Waals surface area contributed by atoms with Crippen molar-refractivity contribution in [1.29, 1.82) is 0 Å². The molecule has 0 bridgehead atoms. The third-order valence-electron chi connectivity index (χ3n) is 6.57. The van der Waals surface area contributed by atoms with E-state index in [1.807, 2.05) is 25.1 Å². The molecule has 4 rings (SSSR count). The molecule has 1 unspecified atom stereocenters. The molecule has 8 heteroatoms. The number of hydrogen-bond acceptors (Lipinski definition) is 4. The Hall–Kier alpha value is -3.88. The van der Waals surface area contributed by atoms with E-state index in [1.54, 1.807) is 30.3 Å². The lowest BCUT2D eigenvalue weighted by atomic mass is 9.97. The number of hydrogen-bond donors (Lipinski definition) is 4. The maximum atomic E-state index is 13.3. The van der Waals surface area contributed by atoms with Crippen LogP contribution < -0.4 is 21.7 Å². The standard InChI is InChI=1S/C31H33F3N4O/c1-20-9-13-24(14-10-20)29(36-19-22-11-12-22)25-6-4-8-27(17-25)38-30(39)28(15-21(2)31(32,33)34)37-26-7-3-5-23(16-26)18-35/h3-10,13-17,22,29,36-37H,2,11-12,18-19,35H2,1H3,(H,38,39)/b28-15-. The number of anilines is 2. The van der Waals surface area contributed by atoms with Crippen molar-refractivity contribution in [2.24, 2.45) is 11.7 Å². The van der Waals surface area contributed by atoms with Crippen molar-refractivity contribution in [3.63, 3.8) is 0 Å². The van der Waals surface area contributed by atoms with Crippen LogP contribution in [0.25, 0.3) is 0 Å². The minimum absolute atomic E-state index is 0.0970. The highest BCUT2D eigenvalue weighted by Crippen LogP contribution is 2.31. The van der Waals surface area contributed by atoms with Gasteiger partial charge < -0.3 is 21.7 Å². The van der Waals surface area contributed by atoms with E-state index in [2.05, 4.69) is 46.8 Å². The van der Waals surface area contributed by atoms with E-state index >= 15 is 0 Å². The number of alkyl halides is 3. The second kappa shape index (κ2) is 12.3. The van der Waals surface area contributed by atoms with E-state index in [0.29, 0.717) is 23.4 Å². The van der Waals surface area contributed by atoms with E-state index in [9.17, 15) is 18.0 Å². The van der Waals surface area contributed by atoms with Gasteiger partial charge in [-0.05, 0) is 79.3 Å². The van der Waals surface area contributed by atoms with Crippen LogP contribution in [0.4, 0.5) is 24.5 Å². The molecule has 3 aromatic rings. The molecule has 39 heavy (non-hydrogen) atoms. The van der Waals surface area contributed by atoms with Crippen molar-refractivity contribution in [1.82, 2.24) is 5.32 Å². The van der Waals surface area contributed by atoms with Crippen molar-refractivity contribution in [3.8, 4) is 0 Å². The monoisotopic (exact) mass is 534 g/mol. The number of carbonyl (C=O) groups is 1. The maximum Gasteiger partial charge on any atom is 0.415 e. The molecule has 5 N–H and O–H groups in total. The van der Waals surface area contributed by atoms with Crippen molar-refractivity contribution in [3.05, 3.63) is 119 Å². The van der Waals surface area contributed by atoms with Gasteiger partial charge in [0.15, 0.2) is 0 Å². The highest BCUT2D eigenvalue weighted by atomic mass is 19.4. The second-order valence-corrected chi connectivity index (χ2v) is 9.89. The summed E-state index contributed by atoms with van der Waals surface area (Å²) >= 11 is 0. The molecule has 0 heterocycles. The van der Waals surface area contributed by atoms with Crippen LogP contribution in [0.1, 0.15) is 41.1 Å². The zero-order valence-corrected chi connectivity index (χ0v) is 21.8. The van der Waals surface area contributed by atoms with E-state index in [0.717, 1.165) is 28.8 Å². The van der Waals surface area contributed by atoms with Crippen LogP contribution in [-0.2, 0) is 11.3 Å². The fraction of sp³-hybridized carbons (Fsp3) is 0.258. The molecule has 1 aliphatic rings. The van der Waals surface area contributed by atoms with Crippen molar-refractivity contribution < 1.29 is 18.0 Å². The Morgan fingerprint density at radius 1 is 1.00 bits per heavy atom. The molecule has 1 aliphatic carbocycles. The van der Waals surface area contributed by atoms with Crippen LogP contribution in [0.15, 0.2) is 96.7 Å². The Morgan fingerprint density at radius 2 is 1.67 bits per heavy atom. The van der Waals surface area contributed by atoms with Gasteiger partial charge in [0, 0.05) is 17.9 Å². The first-order valence-corrected chi connectivity index (χ1v) is 12.9. The maximum absolute atomic E-state index is 13.3. The van der Waals surface area contributed by atoms with Gasteiger partial charge >= 0.3 is 6.18 Å². The van der Waals surface area contributed by atoms with Crippen LogP contribution in [0.5, 0.6) is 0 Å². The Bertz CT molecular complexity index is 1340. The predicted molar refractivity (Wildman–Crippen MR) is 150 cm³/mol. The Morgan fingerprint density at radius 3 is 2.31 bits per heavy atom. The number of aryl methyl sites for hydroxylation is 1. The van der Waals surface area contributed by atoms with Crippen LogP contribution in [0.2, 0.25) is 0 Å². The molecule has 0 spiro atoms. The third kappa shape index (κ3) is 8.05. The molecule has 1 saturated carbocycles. The van der Waals surface area contributed by atoms with Crippen molar-refractivity contribution >= 4 is 17.3 Å². The Labute approximate surface area is 227 Å². The number of benzene rings is 3. The minimum atomic E-state index is -4.68. The molecule has 0 radical (unpaired) electrons. The van der Waals surface area contributed by atoms with Gasteiger partial charge in [0.2, 0.25) is 0 Å². The highest BCUT2D eigenvalue weighted by molar-refractivity contribution is 6.06. The molecule has 1 atom stereocenters. The molecular formula is C31H33F3N4O. The SMILES string of the molecule is C=C(/C=C(\Nc1cccc(CN)c1)C(=O)Nc1cccc(C(NCC2CC2)c2ccc(C)cc2)c1)C(F)(F)F. The summed E-state index contributed by atoms with van der Waals surface area (Å²) in [6, 6.07) is 22.3. The van der Waals surface area contributed by atoms with E-state index < -0.39 is 17.7 Å². The predicted octanol–water partition coefficient (Wildman–Crippen LogP) is 6.60. The number of allylic oxidation sites excluding steroid dienone is 2. The van der Waals surface area contributed by atoms with E-state index in [1.165, 1.54) is 12.8 Å². The van der Waals surface area contributed by atoms with Gasteiger partial charge in [0.25, 0.3) is 5.91 Å². The molecular weight excluding hydrogens is 501 g/mol. The molecule has 1 fully saturated rings. The van der Waals surface area contributed by atoms with Crippen LogP contribution >= 0.6 is 0 Å². The summed E-state index contributed by atoms with van der Waals surface area (Å²) in [4.78, 5) is 13.3.